The number of rotatable bonds is 4. The third-order valence-corrected chi connectivity index (χ3v) is 6.88. The molecule has 106 valence electrons. The van der Waals surface area contributed by atoms with Crippen molar-refractivity contribution in [1.82, 2.24) is 4.31 Å². The van der Waals surface area contributed by atoms with Gasteiger partial charge in [-0.2, -0.15) is 0 Å². The van der Waals surface area contributed by atoms with Crippen molar-refractivity contribution in [3.05, 3.63) is 0 Å². The fourth-order valence-electron chi connectivity index (χ4n) is 3.26. The molecule has 0 unspecified atom stereocenters. The zero-order valence-corrected chi connectivity index (χ0v) is 12.0. The first-order chi connectivity index (χ1) is 8.64. The number of nitrogens with zero attached hydrogens (tertiary/aromatic N) is 1. The summed E-state index contributed by atoms with van der Waals surface area (Å²) in [7, 11) is -3.02. The van der Waals surface area contributed by atoms with Gasteiger partial charge in [0.2, 0.25) is 10.0 Å². The molecule has 0 atom stereocenters. The van der Waals surface area contributed by atoms with Crippen LogP contribution < -0.4 is 5.73 Å². The molecular weight excluding hydrogens is 248 g/mol. The molecule has 2 fully saturated rings. The average Bonchev–Trinajstić information content (AvgIpc) is 2.41. The molecule has 5 heteroatoms. The second-order valence-electron chi connectivity index (χ2n) is 5.72. The fourth-order valence-corrected chi connectivity index (χ4v) is 5.33. The standard InChI is InChI=1S/C13H26N2O2S/c14-9-6-12-7-10-15(11-8-12)18(16,17)13-4-2-1-3-5-13/h12-13H,1-11,14H2. The number of hydrogen-bond acceptors (Lipinski definition) is 3. The lowest BCUT2D eigenvalue weighted by atomic mass is 9.95. The van der Waals surface area contributed by atoms with Gasteiger partial charge in [-0.1, -0.05) is 19.3 Å². The summed E-state index contributed by atoms with van der Waals surface area (Å²) in [5, 5.41) is -0.0997. The molecule has 1 aliphatic carbocycles. The Morgan fingerprint density at radius 2 is 1.61 bits per heavy atom. The molecule has 0 aromatic rings. The second kappa shape index (κ2) is 6.35. The third-order valence-electron chi connectivity index (χ3n) is 4.48. The Kier molecular flexibility index (Phi) is 5.04. The normalized spacial score (nSPS) is 25.4. The maximum absolute atomic E-state index is 12.5. The van der Waals surface area contributed by atoms with Crippen LogP contribution in [0.5, 0.6) is 0 Å². The molecule has 1 saturated heterocycles. The molecule has 0 amide bonds. The van der Waals surface area contributed by atoms with Gasteiger partial charge < -0.3 is 5.73 Å². The van der Waals surface area contributed by atoms with Crippen LogP contribution in [0.25, 0.3) is 0 Å². The quantitative estimate of drug-likeness (QED) is 0.849. The van der Waals surface area contributed by atoms with Gasteiger partial charge in [0, 0.05) is 13.1 Å². The van der Waals surface area contributed by atoms with E-state index in [0.29, 0.717) is 19.0 Å². The summed E-state index contributed by atoms with van der Waals surface area (Å²) in [6.07, 6.45) is 8.10. The Morgan fingerprint density at radius 3 is 2.17 bits per heavy atom. The molecule has 1 aliphatic heterocycles. The lowest BCUT2D eigenvalue weighted by Gasteiger charge is -2.34. The lowest BCUT2D eigenvalue weighted by Crippen LogP contribution is -2.44. The molecule has 0 aromatic heterocycles. The molecular formula is C13H26N2O2S. The summed E-state index contributed by atoms with van der Waals surface area (Å²) in [6.45, 7) is 2.15. The molecule has 4 nitrogen and oxygen atoms in total. The topological polar surface area (TPSA) is 63.4 Å². The van der Waals surface area contributed by atoms with E-state index < -0.39 is 10.0 Å². The Bertz CT molecular complexity index is 342. The van der Waals surface area contributed by atoms with Crippen LogP contribution in [0.1, 0.15) is 51.4 Å². The average molecular weight is 274 g/mol. The van der Waals surface area contributed by atoms with Crippen LogP contribution in [0, 0.1) is 5.92 Å². The zero-order chi connectivity index (χ0) is 13.0. The maximum Gasteiger partial charge on any atom is 0.216 e. The van der Waals surface area contributed by atoms with Crippen LogP contribution in [0.3, 0.4) is 0 Å². The first kappa shape index (κ1) is 14.3. The molecule has 18 heavy (non-hydrogen) atoms. The molecule has 0 radical (unpaired) electrons. The maximum atomic E-state index is 12.5. The number of piperidine rings is 1. The largest absolute Gasteiger partial charge is 0.330 e. The van der Waals surface area contributed by atoms with Crippen LogP contribution in [0.2, 0.25) is 0 Å². The van der Waals surface area contributed by atoms with E-state index in [0.717, 1.165) is 51.5 Å². The van der Waals surface area contributed by atoms with Gasteiger partial charge >= 0.3 is 0 Å². The van der Waals surface area contributed by atoms with Crippen molar-refractivity contribution < 1.29 is 8.42 Å². The Morgan fingerprint density at radius 1 is 1.00 bits per heavy atom. The fraction of sp³-hybridized carbons (Fsp3) is 1.00. The van der Waals surface area contributed by atoms with Crippen molar-refractivity contribution in [2.45, 2.75) is 56.6 Å². The highest BCUT2D eigenvalue weighted by Crippen LogP contribution is 2.29. The van der Waals surface area contributed by atoms with E-state index in [1.54, 1.807) is 4.31 Å². The minimum Gasteiger partial charge on any atom is -0.330 e. The highest BCUT2D eigenvalue weighted by molar-refractivity contribution is 7.89. The second-order valence-corrected chi connectivity index (χ2v) is 7.94. The predicted molar refractivity (Wildman–Crippen MR) is 73.8 cm³/mol. The van der Waals surface area contributed by atoms with E-state index in [4.69, 9.17) is 5.73 Å². The molecule has 2 rings (SSSR count). The molecule has 2 aliphatic rings. The Hall–Kier alpha value is -0.130. The van der Waals surface area contributed by atoms with Crippen molar-refractivity contribution in [2.75, 3.05) is 19.6 Å². The predicted octanol–water partition coefficient (Wildman–Crippen LogP) is 1.71. The summed E-state index contributed by atoms with van der Waals surface area (Å²) < 4.78 is 26.8. The third kappa shape index (κ3) is 3.25. The molecule has 0 bridgehead atoms. The van der Waals surface area contributed by atoms with Gasteiger partial charge in [0.1, 0.15) is 0 Å². The van der Waals surface area contributed by atoms with Gasteiger partial charge in [-0.25, -0.2) is 12.7 Å². The van der Waals surface area contributed by atoms with E-state index in [1.807, 2.05) is 0 Å². The number of sulfonamides is 1. The number of nitrogens with two attached hydrogens (primary N) is 1. The summed E-state index contributed by atoms with van der Waals surface area (Å²) in [6, 6.07) is 0. The molecule has 0 aromatic carbocycles. The monoisotopic (exact) mass is 274 g/mol. The summed E-state index contributed by atoms with van der Waals surface area (Å²) in [4.78, 5) is 0. The van der Waals surface area contributed by atoms with E-state index in [9.17, 15) is 8.42 Å². The summed E-state index contributed by atoms with van der Waals surface area (Å²) in [5.41, 5.74) is 5.56. The highest BCUT2D eigenvalue weighted by Gasteiger charge is 2.34. The van der Waals surface area contributed by atoms with Crippen LogP contribution in [-0.2, 0) is 10.0 Å². The van der Waals surface area contributed by atoms with E-state index in [2.05, 4.69) is 0 Å². The van der Waals surface area contributed by atoms with Crippen molar-refractivity contribution in [2.24, 2.45) is 11.7 Å². The van der Waals surface area contributed by atoms with Crippen LogP contribution in [-0.4, -0.2) is 37.6 Å². The molecule has 2 N–H and O–H groups in total. The summed E-state index contributed by atoms with van der Waals surface area (Å²) in [5.74, 6) is 0.632. The lowest BCUT2D eigenvalue weighted by molar-refractivity contribution is 0.261. The van der Waals surface area contributed by atoms with Crippen molar-refractivity contribution in [1.29, 1.82) is 0 Å². The Labute approximate surface area is 111 Å². The van der Waals surface area contributed by atoms with E-state index >= 15 is 0 Å². The van der Waals surface area contributed by atoms with Crippen molar-refractivity contribution >= 4 is 10.0 Å². The number of hydrogen-bond donors (Lipinski definition) is 1. The Balaban J connectivity index is 1.91. The molecule has 0 spiro atoms. The smallest absolute Gasteiger partial charge is 0.216 e. The van der Waals surface area contributed by atoms with Crippen molar-refractivity contribution in [3.63, 3.8) is 0 Å². The van der Waals surface area contributed by atoms with Gasteiger partial charge in [0.25, 0.3) is 0 Å². The van der Waals surface area contributed by atoms with Gasteiger partial charge in [-0.15, -0.1) is 0 Å². The summed E-state index contributed by atoms with van der Waals surface area (Å²) >= 11 is 0. The van der Waals surface area contributed by atoms with Gasteiger partial charge in [0.05, 0.1) is 5.25 Å². The molecule has 1 heterocycles. The first-order valence-corrected chi connectivity index (χ1v) is 8.84. The van der Waals surface area contributed by atoms with Crippen LogP contribution in [0.15, 0.2) is 0 Å². The zero-order valence-electron chi connectivity index (χ0n) is 11.2. The van der Waals surface area contributed by atoms with Gasteiger partial charge in [-0.05, 0) is 44.6 Å². The van der Waals surface area contributed by atoms with Gasteiger partial charge in [-0.3, -0.25) is 0 Å². The first-order valence-electron chi connectivity index (χ1n) is 7.33. The van der Waals surface area contributed by atoms with Crippen molar-refractivity contribution in [3.8, 4) is 0 Å². The van der Waals surface area contributed by atoms with Crippen LogP contribution in [0.4, 0.5) is 0 Å². The van der Waals surface area contributed by atoms with Crippen LogP contribution >= 0.6 is 0 Å². The van der Waals surface area contributed by atoms with Gasteiger partial charge in [0.15, 0.2) is 0 Å². The minimum atomic E-state index is -3.02. The highest BCUT2D eigenvalue weighted by atomic mass is 32.2. The van der Waals surface area contributed by atoms with E-state index in [-0.39, 0.29) is 5.25 Å². The van der Waals surface area contributed by atoms with E-state index in [1.165, 1.54) is 6.42 Å². The SMILES string of the molecule is NCCC1CCN(S(=O)(=O)C2CCCCC2)CC1. The molecule has 1 saturated carbocycles. The minimum absolute atomic E-state index is 0.0997.